The van der Waals surface area contributed by atoms with Crippen molar-refractivity contribution in [2.45, 2.75) is 0 Å². The molecule has 3 aromatic rings. The van der Waals surface area contributed by atoms with Gasteiger partial charge < -0.3 is 4.74 Å². The topological polar surface area (TPSA) is 41.9 Å². The molecule has 4 nitrogen and oxygen atoms in total. The molecule has 0 unspecified atom stereocenters. The molecule has 0 N–H and O–H groups in total. The van der Waals surface area contributed by atoms with Gasteiger partial charge in [0.15, 0.2) is 5.84 Å². The highest BCUT2D eigenvalue weighted by Crippen LogP contribution is 2.31. The minimum Gasteiger partial charge on any atom is -0.496 e. The van der Waals surface area contributed by atoms with E-state index in [0.29, 0.717) is 27.9 Å². The van der Waals surface area contributed by atoms with Gasteiger partial charge in [-0.2, -0.15) is 0 Å². The van der Waals surface area contributed by atoms with Crippen molar-refractivity contribution >= 4 is 35.1 Å². The quantitative estimate of drug-likeness (QED) is 0.550. The highest BCUT2D eigenvalue weighted by Gasteiger charge is 2.33. The van der Waals surface area contributed by atoms with Crippen LogP contribution in [0.15, 0.2) is 83.5 Å². The molecule has 0 saturated carbocycles. The van der Waals surface area contributed by atoms with Gasteiger partial charge in [0.1, 0.15) is 17.3 Å². The highest BCUT2D eigenvalue weighted by molar-refractivity contribution is 6.33. The Morgan fingerprint density at radius 2 is 1.69 bits per heavy atom. The summed E-state index contributed by atoms with van der Waals surface area (Å²) < 4.78 is 18.9. The van der Waals surface area contributed by atoms with Crippen LogP contribution < -0.4 is 9.64 Å². The Kier molecular flexibility index (Phi) is 5.14. The standard InChI is InChI=1S/C23H16ClFN2O2/c1-29-21-5-3-2-4-19(21)22-26-20(14-15-6-8-16(24)9-7-15)23(28)27(22)18-12-10-17(25)11-13-18/h2-14H,1H3/b20-14+. The maximum absolute atomic E-state index is 13.4. The zero-order valence-electron chi connectivity index (χ0n) is 15.5. The number of benzene rings is 3. The SMILES string of the molecule is COc1ccccc1C1=N/C(=C/c2ccc(Cl)cc2)C(=O)N1c1ccc(F)cc1. The summed E-state index contributed by atoms with van der Waals surface area (Å²) in [5.41, 5.74) is 2.23. The summed E-state index contributed by atoms with van der Waals surface area (Å²) in [6.45, 7) is 0. The van der Waals surface area contributed by atoms with Gasteiger partial charge in [0.2, 0.25) is 0 Å². The fraction of sp³-hybridized carbons (Fsp3) is 0.0435. The van der Waals surface area contributed by atoms with E-state index in [1.165, 1.54) is 17.0 Å². The summed E-state index contributed by atoms with van der Waals surface area (Å²) in [6.07, 6.45) is 1.69. The van der Waals surface area contributed by atoms with Crippen molar-refractivity contribution in [2.75, 3.05) is 12.0 Å². The molecule has 1 amide bonds. The lowest BCUT2D eigenvalue weighted by atomic mass is 10.1. The summed E-state index contributed by atoms with van der Waals surface area (Å²) in [4.78, 5) is 19.3. The second-order valence-electron chi connectivity index (χ2n) is 6.33. The molecule has 0 aliphatic carbocycles. The number of rotatable bonds is 4. The number of para-hydroxylation sites is 1. The van der Waals surface area contributed by atoms with Crippen molar-refractivity contribution in [1.82, 2.24) is 0 Å². The number of methoxy groups -OCH3 is 1. The van der Waals surface area contributed by atoms with Crippen LogP contribution in [0.25, 0.3) is 6.08 Å². The predicted octanol–water partition coefficient (Wildman–Crippen LogP) is 5.32. The van der Waals surface area contributed by atoms with Gasteiger partial charge in [-0.05, 0) is 60.2 Å². The number of aliphatic imine (C=N–C) groups is 1. The number of ether oxygens (including phenoxy) is 1. The molecule has 0 spiro atoms. The van der Waals surface area contributed by atoms with Gasteiger partial charge in [0.25, 0.3) is 5.91 Å². The van der Waals surface area contributed by atoms with E-state index >= 15 is 0 Å². The average molecular weight is 407 g/mol. The molecule has 0 saturated heterocycles. The minimum atomic E-state index is -0.381. The zero-order chi connectivity index (χ0) is 20.4. The number of anilines is 1. The number of nitrogens with zero attached hydrogens (tertiary/aromatic N) is 2. The monoisotopic (exact) mass is 406 g/mol. The molecule has 0 aromatic heterocycles. The lowest BCUT2D eigenvalue weighted by Gasteiger charge is -2.19. The summed E-state index contributed by atoms with van der Waals surface area (Å²) >= 11 is 5.94. The lowest BCUT2D eigenvalue weighted by molar-refractivity contribution is -0.113. The van der Waals surface area contributed by atoms with E-state index in [1.54, 1.807) is 43.5 Å². The molecule has 144 valence electrons. The van der Waals surface area contributed by atoms with E-state index < -0.39 is 0 Å². The van der Waals surface area contributed by atoms with Crippen LogP contribution in [0.5, 0.6) is 5.75 Å². The Morgan fingerprint density at radius 3 is 2.38 bits per heavy atom. The number of halogens is 2. The third kappa shape index (κ3) is 3.77. The van der Waals surface area contributed by atoms with E-state index in [2.05, 4.69) is 4.99 Å². The number of amides is 1. The van der Waals surface area contributed by atoms with Gasteiger partial charge >= 0.3 is 0 Å². The van der Waals surface area contributed by atoms with Crippen molar-refractivity contribution in [3.8, 4) is 5.75 Å². The number of amidine groups is 1. The fourth-order valence-corrected chi connectivity index (χ4v) is 3.20. The van der Waals surface area contributed by atoms with Gasteiger partial charge in [0.05, 0.1) is 18.4 Å². The molecule has 29 heavy (non-hydrogen) atoms. The molecule has 4 rings (SSSR count). The van der Waals surface area contributed by atoms with Crippen LogP contribution in [0, 0.1) is 5.82 Å². The van der Waals surface area contributed by atoms with Crippen molar-refractivity contribution in [3.05, 3.63) is 100 Å². The molecule has 1 aliphatic heterocycles. The summed E-state index contributed by atoms with van der Waals surface area (Å²) in [5.74, 6) is 0.304. The molecular weight excluding hydrogens is 391 g/mol. The maximum Gasteiger partial charge on any atom is 0.282 e. The molecular formula is C23H16ClFN2O2. The Morgan fingerprint density at radius 1 is 1.00 bits per heavy atom. The third-order valence-corrected chi connectivity index (χ3v) is 4.72. The Balaban J connectivity index is 1.85. The second-order valence-corrected chi connectivity index (χ2v) is 6.77. The van der Waals surface area contributed by atoms with Crippen molar-refractivity contribution in [1.29, 1.82) is 0 Å². The molecule has 1 heterocycles. The summed E-state index contributed by atoms with van der Waals surface area (Å²) in [7, 11) is 1.56. The largest absolute Gasteiger partial charge is 0.496 e. The normalized spacial score (nSPS) is 15.0. The van der Waals surface area contributed by atoms with E-state index in [-0.39, 0.29) is 17.4 Å². The first kappa shape index (κ1) is 18.9. The lowest BCUT2D eigenvalue weighted by Crippen LogP contribution is -2.32. The number of carbonyl (C=O) groups is 1. The van der Waals surface area contributed by atoms with Gasteiger partial charge in [-0.15, -0.1) is 0 Å². The third-order valence-electron chi connectivity index (χ3n) is 4.47. The van der Waals surface area contributed by atoms with Gasteiger partial charge in [0, 0.05) is 5.02 Å². The summed E-state index contributed by atoms with van der Waals surface area (Å²) in [5, 5.41) is 0.607. The first-order valence-corrected chi connectivity index (χ1v) is 9.24. The molecule has 0 atom stereocenters. The zero-order valence-corrected chi connectivity index (χ0v) is 16.2. The number of hydrogen-bond acceptors (Lipinski definition) is 3. The van der Waals surface area contributed by atoms with Gasteiger partial charge in [-0.25, -0.2) is 9.38 Å². The van der Waals surface area contributed by atoms with Crippen molar-refractivity contribution in [2.24, 2.45) is 4.99 Å². The van der Waals surface area contributed by atoms with Crippen LogP contribution in [0.2, 0.25) is 5.02 Å². The van der Waals surface area contributed by atoms with Crippen molar-refractivity contribution in [3.63, 3.8) is 0 Å². The summed E-state index contributed by atoms with van der Waals surface area (Å²) in [6, 6.07) is 20.1. The van der Waals surface area contributed by atoms with Gasteiger partial charge in [-0.3, -0.25) is 9.69 Å². The van der Waals surface area contributed by atoms with Crippen molar-refractivity contribution < 1.29 is 13.9 Å². The Hall–Kier alpha value is -3.44. The second kappa shape index (κ2) is 7.89. The maximum atomic E-state index is 13.4. The van der Waals surface area contributed by atoms with E-state index in [0.717, 1.165) is 5.56 Å². The van der Waals surface area contributed by atoms with Crippen LogP contribution in [-0.2, 0) is 4.79 Å². The minimum absolute atomic E-state index is 0.262. The molecule has 0 radical (unpaired) electrons. The number of carbonyl (C=O) groups excluding carboxylic acids is 1. The smallest absolute Gasteiger partial charge is 0.282 e. The van der Waals surface area contributed by atoms with Crippen LogP contribution in [0.1, 0.15) is 11.1 Å². The fourth-order valence-electron chi connectivity index (χ4n) is 3.07. The average Bonchev–Trinajstić information content (AvgIpc) is 3.06. The number of hydrogen-bond donors (Lipinski definition) is 0. The van der Waals surface area contributed by atoms with E-state index in [4.69, 9.17) is 16.3 Å². The van der Waals surface area contributed by atoms with E-state index in [1.807, 2.05) is 30.3 Å². The van der Waals surface area contributed by atoms with Crippen LogP contribution >= 0.6 is 11.6 Å². The molecule has 3 aromatic carbocycles. The first-order chi connectivity index (χ1) is 14.1. The predicted molar refractivity (Wildman–Crippen MR) is 113 cm³/mol. The highest BCUT2D eigenvalue weighted by atomic mass is 35.5. The molecule has 6 heteroatoms. The molecule has 1 aliphatic rings. The molecule has 0 fully saturated rings. The van der Waals surface area contributed by atoms with Crippen LogP contribution in [0.3, 0.4) is 0 Å². The van der Waals surface area contributed by atoms with Gasteiger partial charge in [-0.1, -0.05) is 35.9 Å². The Bertz CT molecular complexity index is 1120. The first-order valence-electron chi connectivity index (χ1n) is 8.86. The van der Waals surface area contributed by atoms with Crippen LogP contribution in [-0.4, -0.2) is 18.9 Å². The Labute approximate surface area is 172 Å². The molecule has 0 bridgehead atoms. The van der Waals surface area contributed by atoms with E-state index in [9.17, 15) is 9.18 Å². The van der Waals surface area contributed by atoms with Crippen LogP contribution in [0.4, 0.5) is 10.1 Å².